The van der Waals surface area contributed by atoms with Crippen molar-refractivity contribution >= 4 is 40.1 Å². The van der Waals surface area contributed by atoms with Crippen molar-refractivity contribution in [3.63, 3.8) is 0 Å². The van der Waals surface area contributed by atoms with E-state index in [-0.39, 0.29) is 12.5 Å². The summed E-state index contributed by atoms with van der Waals surface area (Å²) >= 11 is 1.19. The van der Waals surface area contributed by atoms with Crippen molar-refractivity contribution in [2.75, 3.05) is 5.32 Å². The summed E-state index contributed by atoms with van der Waals surface area (Å²) in [6.45, 7) is 5.53. The highest BCUT2D eigenvalue weighted by atomic mass is 32.1. The molecule has 9 nitrogen and oxygen atoms in total. The van der Waals surface area contributed by atoms with Crippen molar-refractivity contribution in [1.29, 1.82) is 0 Å². The van der Waals surface area contributed by atoms with Crippen LogP contribution in [0.1, 0.15) is 35.5 Å². The van der Waals surface area contributed by atoms with E-state index in [0.717, 1.165) is 0 Å². The summed E-state index contributed by atoms with van der Waals surface area (Å²) in [6, 6.07) is 10.7. The molecule has 0 radical (unpaired) electrons. The van der Waals surface area contributed by atoms with Crippen LogP contribution >= 0.6 is 11.3 Å². The number of benzene rings is 1. The Morgan fingerprint density at radius 1 is 1.16 bits per heavy atom. The number of hydrogen-bond donors (Lipinski definition) is 2. The lowest BCUT2D eigenvalue weighted by Gasteiger charge is -2.19. The summed E-state index contributed by atoms with van der Waals surface area (Å²) in [5, 5.41) is 6.04. The van der Waals surface area contributed by atoms with Gasteiger partial charge >= 0.3 is 6.09 Å². The molecule has 2 amide bonds. The molecule has 0 fully saturated rings. The minimum Gasteiger partial charge on any atom is -0.444 e. The first-order chi connectivity index (χ1) is 15.3. The van der Waals surface area contributed by atoms with Crippen molar-refractivity contribution in [1.82, 2.24) is 20.3 Å². The highest BCUT2D eigenvalue weighted by Crippen LogP contribution is 2.25. The minimum atomic E-state index is -0.582. The average molecular weight is 452 g/mol. The van der Waals surface area contributed by atoms with Gasteiger partial charge in [0.25, 0.3) is 5.91 Å². The monoisotopic (exact) mass is 451 g/mol. The first-order valence-electron chi connectivity index (χ1n) is 9.82. The van der Waals surface area contributed by atoms with E-state index in [2.05, 4.69) is 25.6 Å². The molecule has 4 rings (SSSR count). The van der Waals surface area contributed by atoms with Crippen LogP contribution < -0.4 is 10.6 Å². The van der Waals surface area contributed by atoms with Crippen molar-refractivity contribution in [2.24, 2.45) is 0 Å². The van der Waals surface area contributed by atoms with Crippen LogP contribution in [0.4, 0.5) is 10.5 Å². The molecule has 10 heteroatoms. The van der Waals surface area contributed by atoms with Crippen LogP contribution in [-0.4, -0.2) is 32.6 Å². The van der Waals surface area contributed by atoms with Crippen molar-refractivity contribution in [3.05, 3.63) is 58.7 Å². The number of nitrogens with zero attached hydrogens (tertiary/aromatic N) is 3. The van der Waals surface area contributed by atoms with Crippen LogP contribution in [0, 0.1) is 0 Å². The van der Waals surface area contributed by atoms with Gasteiger partial charge in [-0.15, -0.1) is 11.3 Å². The van der Waals surface area contributed by atoms with E-state index in [1.165, 1.54) is 17.5 Å². The van der Waals surface area contributed by atoms with E-state index in [1.54, 1.807) is 45.2 Å². The van der Waals surface area contributed by atoms with Gasteiger partial charge in [0.1, 0.15) is 26.7 Å². The Morgan fingerprint density at radius 3 is 2.75 bits per heavy atom. The van der Waals surface area contributed by atoms with Crippen molar-refractivity contribution in [3.8, 4) is 11.6 Å². The number of nitrogens with one attached hydrogen (secondary N) is 2. The molecular weight excluding hydrogens is 430 g/mol. The lowest BCUT2D eigenvalue weighted by atomic mass is 10.2. The molecule has 0 aliphatic carbocycles. The quantitative estimate of drug-likeness (QED) is 0.454. The molecule has 0 aliphatic rings. The smallest absolute Gasteiger partial charge is 0.408 e. The van der Waals surface area contributed by atoms with Crippen LogP contribution in [0.3, 0.4) is 0 Å². The molecule has 0 bridgehead atoms. The summed E-state index contributed by atoms with van der Waals surface area (Å²) in [4.78, 5) is 37.6. The standard InChI is InChI=1S/C22H21N5O4S/c1-22(2,3)31-21(29)25-12-18-24-11-17(32-18)19(28)26-13-7-8-14-16(10-13)30-20(27-14)15-6-4-5-9-23-15/h4-11H,12H2,1-3H3,(H,25,29)(H,26,28). The number of aromatic nitrogens is 3. The van der Waals surface area contributed by atoms with Crippen LogP contribution in [0.25, 0.3) is 22.7 Å². The summed E-state index contributed by atoms with van der Waals surface area (Å²) in [5.74, 6) is 0.100. The topological polar surface area (TPSA) is 119 Å². The molecule has 32 heavy (non-hydrogen) atoms. The van der Waals surface area contributed by atoms with Crippen molar-refractivity contribution < 1.29 is 18.7 Å². The maximum Gasteiger partial charge on any atom is 0.408 e. The second kappa shape index (κ2) is 8.75. The van der Waals surface area contributed by atoms with Gasteiger partial charge in [-0.1, -0.05) is 6.07 Å². The number of fused-ring (bicyclic) bond motifs is 1. The number of carbonyl (C=O) groups excluding carboxylic acids is 2. The number of hydrogen-bond acceptors (Lipinski definition) is 8. The molecule has 164 valence electrons. The van der Waals surface area contributed by atoms with Gasteiger partial charge in [0.05, 0.1) is 12.7 Å². The maximum atomic E-state index is 12.6. The number of rotatable bonds is 5. The Morgan fingerprint density at radius 2 is 2.00 bits per heavy atom. The largest absolute Gasteiger partial charge is 0.444 e. The van der Waals surface area contributed by atoms with E-state index in [1.807, 2.05) is 18.2 Å². The molecule has 0 spiro atoms. The van der Waals surface area contributed by atoms with Gasteiger partial charge in [-0.05, 0) is 45.0 Å². The van der Waals surface area contributed by atoms with E-state index < -0.39 is 11.7 Å². The van der Waals surface area contributed by atoms with Gasteiger partial charge in [0.2, 0.25) is 5.89 Å². The summed E-state index contributed by atoms with van der Waals surface area (Å²) < 4.78 is 11.0. The Kier molecular flexibility index (Phi) is 5.87. The lowest BCUT2D eigenvalue weighted by molar-refractivity contribution is 0.0523. The highest BCUT2D eigenvalue weighted by molar-refractivity contribution is 7.13. The fourth-order valence-electron chi connectivity index (χ4n) is 2.75. The summed E-state index contributed by atoms with van der Waals surface area (Å²) in [5.41, 5.74) is 1.81. The van der Waals surface area contributed by atoms with E-state index in [4.69, 9.17) is 9.15 Å². The van der Waals surface area contributed by atoms with Gasteiger partial charge in [-0.25, -0.2) is 14.8 Å². The van der Waals surface area contributed by atoms with E-state index >= 15 is 0 Å². The fourth-order valence-corrected chi connectivity index (χ4v) is 3.51. The zero-order valence-electron chi connectivity index (χ0n) is 17.7. The number of thiazole rings is 1. The minimum absolute atomic E-state index is 0.174. The second-order valence-corrected chi connectivity index (χ2v) is 8.96. The molecule has 0 saturated heterocycles. The fraction of sp³-hybridized carbons (Fsp3) is 0.227. The molecule has 1 aromatic carbocycles. The third-order valence-corrected chi connectivity index (χ3v) is 5.09. The molecule has 0 saturated carbocycles. The second-order valence-electron chi connectivity index (χ2n) is 7.84. The predicted molar refractivity (Wildman–Crippen MR) is 120 cm³/mol. The predicted octanol–water partition coefficient (Wildman–Crippen LogP) is 4.62. The van der Waals surface area contributed by atoms with Crippen LogP contribution in [0.2, 0.25) is 0 Å². The molecule has 0 unspecified atom stereocenters. The molecular formula is C22H21N5O4S. The number of pyridine rings is 1. The number of anilines is 1. The Hall–Kier alpha value is -3.79. The van der Waals surface area contributed by atoms with Gasteiger partial charge in [0, 0.05) is 18.0 Å². The number of ether oxygens (including phenoxy) is 1. The SMILES string of the molecule is CC(C)(C)OC(=O)NCc1ncc(C(=O)Nc2ccc3nc(-c4ccccn4)oc3c2)s1. The van der Waals surface area contributed by atoms with Gasteiger partial charge < -0.3 is 19.8 Å². The van der Waals surface area contributed by atoms with E-state index in [9.17, 15) is 9.59 Å². The number of oxazole rings is 1. The molecule has 3 aromatic heterocycles. The maximum absolute atomic E-state index is 12.6. The molecule has 0 aliphatic heterocycles. The third kappa shape index (κ3) is 5.27. The zero-order chi connectivity index (χ0) is 22.7. The Balaban J connectivity index is 1.40. The molecule has 2 N–H and O–H groups in total. The lowest BCUT2D eigenvalue weighted by Crippen LogP contribution is -2.32. The van der Waals surface area contributed by atoms with Gasteiger partial charge in [-0.2, -0.15) is 0 Å². The van der Waals surface area contributed by atoms with E-state index in [0.29, 0.717) is 38.3 Å². The highest BCUT2D eigenvalue weighted by Gasteiger charge is 2.17. The van der Waals surface area contributed by atoms with Crippen molar-refractivity contribution in [2.45, 2.75) is 32.9 Å². The Bertz CT molecular complexity index is 1260. The van der Waals surface area contributed by atoms with Gasteiger partial charge in [0.15, 0.2) is 5.58 Å². The van der Waals surface area contributed by atoms with Crippen LogP contribution in [0.5, 0.6) is 0 Å². The normalized spacial score (nSPS) is 11.3. The first kappa shape index (κ1) is 21.4. The molecule has 3 heterocycles. The molecule has 0 atom stereocenters. The number of alkyl carbamates (subject to hydrolysis) is 1. The van der Waals surface area contributed by atoms with Crippen LogP contribution in [0.15, 0.2) is 53.2 Å². The van der Waals surface area contributed by atoms with Gasteiger partial charge in [-0.3, -0.25) is 9.78 Å². The Labute approximate surface area is 187 Å². The number of amides is 2. The third-order valence-electron chi connectivity index (χ3n) is 4.09. The average Bonchev–Trinajstić information content (AvgIpc) is 3.38. The molecule has 4 aromatic rings. The first-order valence-corrected chi connectivity index (χ1v) is 10.6. The summed E-state index contributed by atoms with van der Waals surface area (Å²) in [6.07, 6.45) is 2.60. The zero-order valence-corrected chi connectivity index (χ0v) is 18.5. The number of carbonyl (C=O) groups is 2. The summed E-state index contributed by atoms with van der Waals surface area (Å²) in [7, 11) is 0. The van der Waals surface area contributed by atoms with Crippen LogP contribution in [-0.2, 0) is 11.3 Å².